The Morgan fingerprint density at radius 2 is 0.717 bits per heavy atom. The van der Waals surface area contributed by atoms with Crippen LogP contribution in [-0.2, 0) is 0 Å². The highest BCUT2D eigenvalue weighted by molar-refractivity contribution is 6.22. The van der Waals surface area contributed by atoms with Crippen LogP contribution >= 0.6 is 0 Å². The minimum Gasteiger partial charge on any atom is -0.208 e. The minimum atomic E-state index is 0.652. The lowest BCUT2D eigenvalue weighted by Gasteiger charge is -2.14. The van der Waals surface area contributed by atoms with E-state index < -0.39 is 0 Å². The molecule has 9 rings (SSSR count). The maximum Gasteiger partial charge on any atom is 0.164 e. The monoisotopic (exact) mass is 585 g/mol. The second kappa shape index (κ2) is 10.8. The second-order valence-electron chi connectivity index (χ2n) is 11.6. The van der Waals surface area contributed by atoms with Crippen molar-refractivity contribution in [2.45, 2.75) is 0 Å². The van der Waals surface area contributed by atoms with Gasteiger partial charge in [-0.25, -0.2) is 15.0 Å². The molecule has 0 aliphatic heterocycles. The highest BCUT2D eigenvalue weighted by Gasteiger charge is 2.16. The van der Waals surface area contributed by atoms with Crippen LogP contribution in [0.25, 0.3) is 88.4 Å². The van der Waals surface area contributed by atoms with Crippen LogP contribution in [0, 0.1) is 0 Å². The molecule has 0 aliphatic rings. The molecule has 0 spiro atoms. The van der Waals surface area contributed by atoms with E-state index in [1.807, 2.05) is 60.7 Å². The summed E-state index contributed by atoms with van der Waals surface area (Å²) >= 11 is 0. The number of hydrogen-bond acceptors (Lipinski definition) is 3. The zero-order valence-corrected chi connectivity index (χ0v) is 24.9. The van der Waals surface area contributed by atoms with Gasteiger partial charge in [0.15, 0.2) is 17.5 Å². The van der Waals surface area contributed by atoms with Crippen LogP contribution in [0.2, 0.25) is 0 Å². The van der Waals surface area contributed by atoms with Gasteiger partial charge in [-0.2, -0.15) is 0 Å². The molecule has 0 N–H and O–H groups in total. The fraction of sp³-hybridized carbons (Fsp3) is 0. The predicted molar refractivity (Wildman–Crippen MR) is 192 cm³/mol. The minimum absolute atomic E-state index is 0.652. The largest absolute Gasteiger partial charge is 0.208 e. The third-order valence-electron chi connectivity index (χ3n) is 8.92. The molecule has 3 heteroatoms. The fourth-order valence-corrected chi connectivity index (χ4v) is 6.66. The van der Waals surface area contributed by atoms with Crippen LogP contribution in [0.1, 0.15) is 0 Å². The third kappa shape index (κ3) is 4.41. The molecule has 1 heterocycles. The molecule has 0 saturated heterocycles. The average molecular weight is 586 g/mol. The lowest BCUT2D eigenvalue weighted by Crippen LogP contribution is -2.01. The van der Waals surface area contributed by atoms with E-state index in [0.717, 1.165) is 27.8 Å². The molecule has 0 amide bonds. The van der Waals surface area contributed by atoms with Gasteiger partial charge in [0, 0.05) is 16.7 Å². The first kappa shape index (κ1) is 26.2. The van der Waals surface area contributed by atoms with Crippen LogP contribution in [0.5, 0.6) is 0 Å². The van der Waals surface area contributed by atoms with Gasteiger partial charge in [-0.05, 0) is 60.3 Å². The fourth-order valence-electron chi connectivity index (χ4n) is 6.66. The average Bonchev–Trinajstić information content (AvgIpc) is 3.14. The summed E-state index contributed by atoms with van der Waals surface area (Å²) < 4.78 is 0. The first-order chi connectivity index (χ1) is 22.8. The van der Waals surface area contributed by atoms with Crippen molar-refractivity contribution in [3.63, 3.8) is 0 Å². The highest BCUT2D eigenvalue weighted by atomic mass is 15.0. The van der Waals surface area contributed by atoms with E-state index in [0.29, 0.717) is 17.5 Å². The van der Waals surface area contributed by atoms with E-state index in [9.17, 15) is 0 Å². The van der Waals surface area contributed by atoms with Gasteiger partial charge in [-0.15, -0.1) is 0 Å². The summed E-state index contributed by atoms with van der Waals surface area (Å²) in [5, 5.41) is 10.1. The molecule has 214 valence electrons. The van der Waals surface area contributed by atoms with Gasteiger partial charge in [-0.3, -0.25) is 0 Å². The van der Waals surface area contributed by atoms with Gasteiger partial charge < -0.3 is 0 Å². The maximum absolute atomic E-state index is 5.03. The van der Waals surface area contributed by atoms with Gasteiger partial charge in [0.1, 0.15) is 0 Å². The zero-order valence-electron chi connectivity index (χ0n) is 24.9. The van der Waals surface area contributed by atoms with Crippen molar-refractivity contribution in [2.75, 3.05) is 0 Å². The molecule has 0 unspecified atom stereocenters. The molecule has 0 aliphatic carbocycles. The molecular formula is C43H27N3. The van der Waals surface area contributed by atoms with Crippen molar-refractivity contribution < 1.29 is 0 Å². The van der Waals surface area contributed by atoms with Crippen molar-refractivity contribution >= 4 is 43.1 Å². The molecule has 8 aromatic carbocycles. The molecule has 1 aromatic heterocycles. The van der Waals surface area contributed by atoms with E-state index in [2.05, 4.69) is 103 Å². The van der Waals surface area contributed by atoms with Crippen LogP contribution in [0.3, 0.4) is 0 Å². The number of nitrogens with zero attached hydrogens (tertiary/aromatic N) is 3. The predicted octanol–water partition coefficient (Wildman–Crippen LogP) is 11.2. The van der Waals surface area contributed by atoms with E-state index in [-0.39, 0.29) is 0 Å². The molecule has 9 aromatic rings. The van der Waals surface area contributed by atoms with Gasteiger partial charge in [0.2, 0.25) is 0 Å². The zero-order chi connectivity index (χ0) is 30.5. The van der Waals surface area contributed by atoms with E-state index in [1.165, 1.54) is 43.1 Å². The number of hydrogen-bond donors (Lipinski definition) is 0. The molecular weight excluding hydrogens is 558 g/mol. The van der Waals surface area contributed by atoms with Crippen molar-refractivity contribution in [1.29, 1.82) is 0 Å². The van der Waals surface area contributed by atoms with E-state index in [4.69, 9.17) is 15.0 Å². The first-order valence-electron chi connectivity index (χ1n) is 15.5. The Morgan fingerprint density at radius 1 is 0.261 bits per heavy atom. The number of rotatable bonds is 4. The second-order valence-corrected chi connectivity index (χ2v) is 11.6. The Labute approximate surface area is 266 Å². The molecule has 46 heavy (non-hydrogen) atoms. The summed E-state index contributed by atoms with van der Waals surface area (Å²) in [6.07, 6.45) is 0. The van der Waals surface area contributed by atoms with E-state index in [1.54, 1.807) is 0 Å². The summed E-state index contributed by atoms with van der Waals surface area (Å²) in [4.78, 5) is 15.0. The standard InChI is InChI=1S/C43H27N3/c1-3-12-30(13-4-1)41-44-42(31-14-5-2-6-15-31)46-43(45-41)39-18-10-9-17-34(39)32-20-19-29-22-24-37-36-23-21-28-11-7-8-16-33(28)35(36)25-26-38(37)40(29)27-32/h1-27H. The van der Waals surface area contributed by atoms with Gasteiger partial charge in [-0.1, -0.05) is 158 Å². The third-order valence-corrected chi connectivity index (χ3v) is 8.92. The quantitative estimate of drug-likeness (QED) is 0.193. The summed E-state index contributed by atoms with van der Waals surface area (Å²) in [6.45, 7) is 0. The highest BCUT2D eigenvalue weighted by Crippen LogP contribution is 2.38. The Balaban J connectivity index is 1.24. The van der Waals surface area contributed by atoms with Gasteiger partial charge >= 0.3 is 0 Å². The lowest BCUT2D eigenvalue weighted by atomic mass is 9.92. The summed E-state index contributed by atoms with van der Waals surface area (Å²) in [6, 6.07) is 57.6. The topological polar surface area (TPSA) is 38.7 Å². The van der Waals surface area contributed by atoms with E-state index >= 15 is 0 Å². The summed E-state index contributed by atoms with van der Waals surface area (Å²) in [5.41, 5.74) is 5.08. The lowest BCUT2D eigenvalue weighted by molar-refractivity contribution is 1.07. The van der Waals surface area contributed by atoms with Crippen LogP contribution in [0.15, 0.2) is 164 Å². The van der Waals surface area contributed by atoms with Crippen molar-refractivity contribution in [1.82, 2.24) is 15.0 Å². The number of fused-ring (bicyclic) bond motifs is 7. The first-order valence-corrected chi connectivity index (χ1v) is 15.5. The maximum atomic E-state index is 5.03. The Hall–Kier alpha value is -6.19. The summed E-state index contributed by atoms with van der Waals surface area (Å²) in [5.74, 6) is 1.96. The molecule has 3 nitrogen and oxygen atoms in total. The van der Waals surface area contributed by atoms with Gasteiger partial charge in [0.25, 0.3) is 0 Å². The van der Waals surface area contributed by atoms with Crippen LogP contribution in [-0.4, -0.2) is 15.0 Å². The SMILES string of the molecule is c1ccc(-c2nc(-c3ccccc3)nc(-c3ccccc3-c3ccc4ccc5c(ccc6c7ccccc7ccc65)c4c3)n2)cc1. The smallest absolute Gasteiger partial charge is 0.164 e. The van der Waals surface area contributed by atoms with Crippen molar-refractivity contribution in [2.24, 2.45) is 0 Å². The Morgan fingerprint density at radius 3 is 1.39 bits per heavy atom. The summed E-state index contributed by atoms with van der Waals surface area (Å²) in [7, 11) is 0. The number of benzene rings is 8. The normalized spacial score (nSPS) is 11.5. The van der Waals surface area contributed by atoms with Crippen LogP contribution < -0.4 is 0 Å². The Kier molecular flexibility index (Phi) is 6.14. The van der Waals surface area contributed by atoms with Gasteiger partial charge in [0.05, 0.1) is 0 Å². The molecule has 0 radical (unpaired) electrons. The molecule has 0 bridgehead atoms. The molecule has 0 fully saturated rings. The van der Waals surface area contributed by atoms with Crippen molar-refractivity contribution in [3.8, 4) is 45.3 Å². The Bertz CT molecular complexity index is 2520. The van der Waals surface area contributed by atoms with Crippen molar-refractivity contribution in [3.05, 3.63) is 164 Å². The van der Waals surface area contributed by atoms with Crippen LogP contribution in [0.4, 0.5) is 0 Å². The molecule has 0 atom stereocenters. The molecule has 0 saturated carbocycles. The number of aromatic nitrogens is 3.